The molecule has 178 valence electrons. The number of alkyl halides is 3. The van der Waals surface area contributed by atoms with Gasteiger partial charge in [0.1, 0.15) is 5.75 Å². The molecule has 7 nitrogen and oxygen atoms in total. The Balaban J connectivity index is 1.93. The molecule has 1 aromatic carbocycles. The van der Waals surface area contributed by atoms with E-state index in [1.807, 2.05) is 5.32 Å². The molecule has 34 heavy (non-hydrogen) atoms. The number of Topliss-reactive ketones (excluding diaryl/α,β-unsaturated/α-hetero) is 1. The van der Waals surface area contributed by atoms with Gasteiger partial charge in [0.05, 0.1) is 18.2 Å². The van der Waals surface area contributed by atoms with Crippen LogP contribution in [0, 0.1) is 5.41 Å². The highest BCUT2D eigenvalue weighted by atomic mass is 19.4. The molecule has 0 saturated carbocycles. The Labute approximate surface area is 193 Å². The third kappa shape index (κ3) is 3.63. The summed E-state index contributed by atoms with van der Waals surface area (Å²) in [6, 6.07) is 8.52. The summed E-state index contributed by atoms with van der Waals surface area (Å²) in [6.45, 7) is 3.49. The fraction of sp³-hybridized carbons (Fsp3) is 0.333. The summed E-state index contributed by atoms with van der Waals surface area (Å²) in [5.41, 5.74) is -5.06. The van der Waals surface area contributed by atoms with Crippen LogP contribution in [0.1, 0.15) is 37.0 Å². The van der Waals surface area contributed by atoms with Gasteiger partial charge in [0.2, 0.25) is 5.54 Å². The minimum Gasteiger partial charge on any atom is -0.497 e. The number of ether oxygens (including phenoxy) is 1. The van der Waals surface area contributed by atoms with Crippen LogP contribution >= 0.6 is 0 Å². The van der Waals surface area contributed by atoms with Gasteiger partial charge in [0.25, 0.3) is 11.8 Å². The summed E-state index contributed by atoms with van der Waals surface area (Å²) in [6.07, 6.45) is -3.01. The minimum atomic E-state index is -5.29. The highest BCUT2D eigenvalue weighted by molar-refractivity contribution is 6.21. The number of nitrogens with one attached hydrogen (secondary N) is 1. The second-order valence-electron chi connectivity index (χ2n) is 9.04. The number of nitrogens with zero attached hydrogens (tertiary/aromatic N) is 2. The van der Waals surface area contributed by atoms with Gasteiger partial charge in [-0.15, -0.1) is 0 Å². The van der Waals surface area contributed by atoms with Gasteiger partial charge in [-0.3, -0.25) is 24.3 Å². The van der Waals surface area contributed by atoms with Crippen LogP contribution in [0.2, 0.25) is 0 Å². The van der Waals surface area contributed by atoms with Gasteiger partial charge in [-0.25, -0.2) is 0 Å². The standard InChI is InChI=1S/C24H22F3N3O4/c1-22(2)11-17-19(18(31)12-22)23(24(25,26)27,29-20(32)14-5-4-10-28-13-14)21(33)30(17)15-6-8-16(34-3)9-7-15/h4-10,13H,11-12H2,1-3H3,(H,29,32)/t23-/m1/s1. The smallest absolute Gasteiger partial charge is 0.425 e. The first-order valence-electron chi connectivity index (χ1n) is 10.5. The summed E-state index contributed by atoms with van der Waals surface area (Å²) in [4.78, 5) is 44.3. The van der Waals surface area contributed by atoms with E-state index in [4.69, 9.17) is 4.74 Å². The molecule has 1 aliphatic carbocycles. The van der Waals surface area contributed by atoms with Crippen LogP contribution in [0.5, 0.6) is 5.75 Å². The Morgan fingerprint density at radius 1 is 1.12 bits per heavy atom. The van der Waals surface area contributed by atoms with Crippen molar-refractivity contribution in [1.82, 2.24) is 10.3 Å². The van der Waals surface area contributed by atoms with E-state index in [1.165, 1.54) is 49.7 Å². The van der Waals surface area contributed by atoms with E-state index in [-0.39, 0.29) is 29.8 Å². The van der Waals surface area contributed by atoms with Crippen LogP contribution in [0.15, 0.2) is 60.1 Å². The molecule has 2 aromatic rings. The number of benzene rings is 1. The van der Waals surface area contributed by atoms with E-state index < -0.39 is 40.3 Å². The lowest BCUT2D eigenvalue weighted by atomic mass is 9.72. The van der Waals surface area contributed by atoms with Crippen molar-refractivity contribution in [2.45, 2.75) is 38.4 Å². The molecule has 2 heterocycles. The number of hydrogen-bond acceptors (Lipinski definition) is 5. The molecule has 0 bridgehead atoms. The Morgan fingerprint density at radius 3 is 2.35 bits per heavy atom. The second-order valence-corrected chi connectivity index (χ2v) is 9.04. The Kier molecular flexibility index (Phi) is 5.50. The first-order valence-corrected chi connectivity index (χ1v) is 10.5. The van der Waals surface area contributed by atoms with Crippen molar-refractivity contribution in [2.24, 2.45) is 5.41 Å². The Bertz CT molecular complexity index is 1190. The van der Waals surface area contributed by atoms with Crippen molar-refractivity contribution in [3.8, 4) is 5.75 Å². The molecule has 10 heteroatoms. The summed E-state index contributed by atoms with van der Waals surface area (Å²) >= 11 is 0. The topological polar surface area (TPSA) is 88.6 Å². The second kappa shape index (κ2) is 7.96. The summed E-state index contributed by atoms with van der Waals surface area (Å²) in [5.74, 6) is -3.02. The van der Waals surface area contributed by atoms with Gasteiger partial charge >= 0.3 is 6.18 Å². The van der Waals surface area contributed by atoms with Gasteiger partial charge in [-0.05, 0) is 48.2 Å². The van der Waals surface area contributed by atoms with Crippen molar-refractivity contribution in [3.63, 3.8) is 0 Å². The SMILES string of the molecule is COc1ccc(N2C(=O)[C@@](NC(=O)c3cccnc3)(C(F)(F)F)C3=C2CC(C)(C)CC3=O)cc1. The van der Waals surface area contributed by atoms with Crippen molar-refractivity contribution < 1.29 is 32.3 Å². The van der Waals surface area contributed by atoms with Crippen molar-refractivity contribution in [3.05, 3.63) is 65.6 Å². The number of allylic oxidation sites excluding steroid dienone is 1. The van der Waals surface area contributed by atoms with Gasteiger partial charge in [0.15, 0.2) is 5.78 Å². The van der Waals surface area contributed by atoms with Gasteiger partial charge in [-0.2, -0.15) is 13.2 Å². The maximum atomic E-state index is 14.8. The number of anilines is 1. The number of amides is 2. The zero-order valence-electron chi connectivity index (χ0n) is 18.7. The van der Waals surface area contributed by atoms with Crippen LogP contribution in [0.3, 0.4) is 0 Å². The number of carbonyl (C=O) groups excluding carboxylic acids is 3. The van der Waals surface area contributed by atoms with Crippen molar-refractivity contribution >= 4 is 23.3 Å². The van der Waals surface area contributed by atoms with Crippen LogP contribution < -0.4 is 15.0 Å². The highest BCUT2D eigenvalue weighted by Gasteiger charge is 2.72. The molecule has 0 radical (unpaired) electrons. The largest absolute Gasteiger partial charge is 0.497 e. The fourth-order valence-electron chi connectivity index (χ4n) is 4.50. The Hall–Kier alpha value is -3.69. The van der Waals surface area contributed by atoms with E-state index in [0.29, 0.717) is 5.75 Å². The number of ketones is 1. The predicted octanol–water partition coefficient (Wildman–Crippen LogP) is 3.81. The lowest BCUT2D eigenvalue weighted by Crippen LogP contribution is -2.66. The predicted molar refractivity (Wildman–Crippen MR) is 116 cm³/mol. The quantitative estimate of drug-likeness (QED) is 0.730. The maximum Gasteiger partial charge on any atom is 0.425 e. The molecule has 1 aromatic heterocycles. The zero-order valence-corrected chi connectivity index (χ0v) is 18.7. The van der Waals surface area contributed by atoms with Crippen molar-refractivity contribution in [2.75, 3.05) is 12.0 Å². The lowest BCUT2D eigenvalue weighted by Gasteiger charge is -2.35. The minimum absolute atomic E-state index is 0.0342. The normalized spacial score (nSPS) is 22.0. The lowest BCUT2D eigenvalue weighted by molar-refractivity contribution is -0.186. The molecule has 2 amide bonds. The van der Waals surface area contributed by atoms with Crippen LogP contribution in [0.4, 0.5) is 18.9 Å². The molecule has 0 saturated heterocycles. The van der Waals surface area contributed by atoms with E-state index >= 15 is 0 Å². The van der Waals surface area contributed by atoms with E-state index in [2.05, 4.69) is 4.98 Å². The van der Waals surface area contributed by atoms with Crippen LogP contribution in [-0.2, 0) is 9.59 Å². The first-order chi connectivity index (χ1) is 15.9. The third-order valence-electron chi connectivity index (χ3n) is 6.00. The average molecular weight is 473 g/mol. The number of rotatable bonds is 4. The van der Waals surface area contributed by atoms with Gasteiger partial charge in [-0.1, -0.05) is 13.8 Å². The first kappa shape index (κ1) is 23.5. The highest BCUT2D eigenvalue weighted by Crippen LogP contribution is 2.52. The summed E-state index contributed by atoms with van der Waals surface area (Å²) < 4.78 is 49.5. The average Bonchev–Trinajstić information content (AvgIpc) is 3.02. The number of carbonyl (C=O) groups is 3. The van der Waals surface area contributed by atoms with Gasteiger partial charge < -0.3 is 10.1 Å². The molecular weight excluding hydrogens is 451 g/mol. The van der Waals surface area contributed by atoms with E-state index in [1.54, 1.807) is 13.8 Å². The monoisotopic (exact) mass is 473 g/mol. The summed E-state index contributed by atoms with van der Waals surface area (Å²) in [7, 11) is 1.43. The maximum absolute atomic E-state index is 14.8. The fourth-order valence-corrected chi connectivity index (χ4v) is 4.50. The molecular formula is C24H22F3N3O4. The van der Waals surface area contributed by atoms with E-state index in [9.17, 15) is 27.6 Å². The van der Waals surface area contributed by atoms with Crippen LogP contribution in [-0.4, -0.2) is 41.4 Å². The van der Waals surface area contributed by atoms with Crippen molar-refractivity contribution in [1.29, 1.82) is 0 Å². The summed E-state index contributed by atoms with van der Waals surface area (Å²) in [5, 5.41) is 1.88. The van der Waals surface area contributed by atoms with Gasteiger partial charge in [0, 0.05) is 30.2 Å². The molecule has 1 aliphatic heterocycles. The molecule has 4 rings (SSSR count). The number of hydrogen-bond donors (Lipinski definition) is 1. The molecule has 2 aliphatic rings. The zero-order chi connectivity index (χ0) is 24.9. The molecule has 1 N–H and O–H groups in total. The van der Waals surface area contributed by atoms with Crippen LogP contribution in [0.25, 0.3) is 0 Å². The number of aromatic nitrogens is 1. The number of methoxy groups -OCH3 is 1. The number of halogens is 3. The van der Waals surface area contributed by atoms with E-state index in [0.717, 1.165) is 11.1 Å². The molecule has 1 atom stereocenters. The third-order valence-corrected chi connectivity index (χ3v) is 6.00. The molecule has 0 spiro atoms. The molecule has 0 unspecified atom stereocenters. The molecule has 0 fully saturated rings. The Morgan fingerprint density at radius 2 is 1.79 bits per heavy atom. The number of pyridine rings is 1.